The number of carbonyl (C=O) groups excluding carboxylic acids is 1. The Kier molecular flexibility index (Phi) is 6.15. The zero-order valence-electron chi connectivity index (χ0n) is 16.7. The summed E-state index contributed by atoms with van der Waals surface area (Å²) in [4.78, 5) is 18.0. The Morgan fingerprint density at radius 1 is 1.20 bits per heavy atom. The number of imidazole rings is 1. The highest BCUT2D eigenvalue weighted by molar-refractivity contribution is 8.00. The maximum atomic E-state index is 13.2. The Morgan fingerprint density at radius 3 is 2.70 bits per heavy atom. The van der Waals surface area contributed by atoms with Crippen LogP contribution in [0.1, 0.15) is 16.6 Å². The smallest absolute Gasteiger partial charge is 0.243 e. The Labute approximate surface area is 178 Å². The molecular formula is C22H22N4O3S. The van der Waals surface area contributed by atoms with Gasteiger partial charge in [-0.2, -0.15) is 0 Å². The minimum Gasteiger partial charge on any atom is -0.383 e. The van der Waals surface area contributed by atoms with Crippen molar-refractivity contribution in [3.05, 3.63) is 72.0 Å². The number of amides is 1. The van der Waals surface area contributed by atoms with E-state index in [4.69, 9.17) is 14.2 Å². The number of methoxy groups -OCH3 is 1. The lowest BCUT2D eigenvalue weighted by molar-refractivity contribution is -0.115. The monoisotopic (exact) mass is 422 g/mol. The molecule has 2 aromatic carbocycles. The van der Waals surface area contributed by atoms with Crippen molar-refractivity contribution in [1.29, 1.82) is 0 Å². The molecule has 0 saturated carbocycles. The van der Waals surface area contributed by atoms with Crippen molar-refractivity contribution in [2.24, 2.45) is 0 Å². The second-order valence-corrected chi connectivity index (χ2v) is 7.82. The molecule has 0 bridgehead atoms. The number of aromatic nitrogens is 3. The lowest BCUT2D eigenvalue weighted by atomic mass is 10.1. The molecule has 7 nitrogen and oxygen atoms in total. The average Bonchev–Trinajstić information content (AvgIpc) is 3.33. The molecule has 1 N–H and O–H groups in total. The summed E-state index contributed by atoms with van der Waals surface area (Å²) in [5.74, 6) is 0.840. The van der Waals surface area contributed by atoms with Gasteiger partial charge in [0.1, 0.15) is 11.0 Å². The van der Waals surface area contributed by atoms with Crippen LogP contribution in [0.25, 0.3) is 11.0 Å². The van der Waals surface area contributed by atoms with E-state index in [0.29, 0.717) is 24.7 Å². The standard InChI is InChI=1S/C22H22N4O3S/c1-15-14-19(25-29-15)24-21(27)20(16-8-4-3-5-9-16)30-22-23-17-10-6-7-11-18(17)26(22)12-13-28-2/h3-11,14,20H,12-13H2,1-2H3,(H,24,25,27). The predicted molar refractivity (Wildman–Crippen MR) is 117 cm³/mol. The van der Waals surface area contributed by atoms with E-state index in [0.717, 1.165) is 21.8 Å². The SMILES string of the molecule is COCCn1c(SC(C(=O)Nc2cc(C)on2)c2ccccc2)nc2ccccc21. The number of nitrogens with zero attached hydrogens (tertiary/aromatic N) is 3. The third-order valence-corrected chi connectivity index (χ3v) is 5.83. The molecule has 0 radical (unpaired) electrons. The molecule has 2 heterocycles. The van der Waals surface area contributed by atoms with Gasteiger partial charge in [0.25, 0.3) is 0 Å². The van der Waals surface area contributed by atoms with E-state index >= 15 is 0 Å². The lowest BCUT2D eigenvalue weighted by Gasteiger charge is -2.17. The maximum Gasteiger partial charge on any atom is 0.243 e. The second kappa shape index (κ2) is 9.15. The van der Waals surface area contributed by atoms with Gasteiger partial charge < -0.3 is 19.1 Å². The number of para-hydroxylation sites is 2. The minimum atomic E-state index is -0.513. The molecule has 1 atom stereocenters. The van der Waals surface area contributed by atoms with Crippen LogP contribution >= 0.6 is 11.8 Å². The van der Waals surface area contributed by atoms with E-state index in [1.54, 1.807) is 20.1 Å². The molecule has 0 fully saturated rings. The zero-order valence-corrected chi connectivity index (χ0v) is 17.6. The van der Waals surface area contributed by atoms with Gasteiger partial charge in [0, 0.05) is 19.7 Å². The topological polar surface area (TPSA) is 82.2 Å². The first-order valence-corrected chi connectivity index (χ1v) is 10.4. The largest absolute Gasteiger partial charge is 0.383 e. The molecule has 0 saturated heterocycles. The molecule has 0 spiro atoms. The first-order valence-electron chi connectivity index (χ1n) is 9.55. The highest BCUT2D eigenvalue weighted by Crippen LogP contribution is 2.37. The molecule has 0 aliphatic rings. The summed E-state index contributed by atoms with van der Waals surface area (Å²) in [6.45, 7) is 2.98. The average molecular weight is 423 g/mol. The molecule has 1 amide bonds. The summed E-state index contributed by atoms with van der Waals surface area (Å²) in [6.07, 6.45) is 0. The van der Waals surface area contributed by atoms with E-state index in [9.17, 15) is 4.79 Å². The van der Waals surface area contributed by atoms with Gasteiger partial charge in [0.15, 0.2) is 11.0 Å². The van der Waals surface area contributed by atoms with Gasteiger partial charge >= 0.3 is 0 Å². The summed E-state index contributed by atoms with van der Waals surface area (Å²) >= 11 is 1.40. The van der Waals surface area contributed by atoms with Crippen molar-refractivity contribution in [2.75, 3.05) is 19.0 Å². The highest BCUT2D eigenvalue weighted by Gasteiger charge is 2.26. The van der Waals surface area contributed by atoms with E-state index in [1.165, 1.54) is 11.8 Å². The van der Waals surface area contributed by atoms with Gasteiger partial charge in [-0.15, -0.1) is 0 Å². The van der Waals surface area contributed by atoms with Crippen LogP contribution in [-0.4, -0.2) is 34.3 Å². The normalized spacial score (nSPS) is 12.2. The molecule has 4 aromatic rings. The zero-order chi connectivity index (χ0) is 20.9. The summed E-state index contributed by atoms with van der Waals surface area (Å²) in [7, 11) is 1.67. The summed E-state index contributed by atoms with van der Waals surface area (Å²) < 4.78 is 12.4. The molecule has 30 heavy (non-hydrogen) atoms. The van der Waals surface area contributed by atoms with Crippen LogP contribution in [0.3, 0.4) is 0 Å². The van der Waals surface area contributed by atoms with E-state index in [1.807, 2.05) is 54.6 Å². The van der Waals surface area contributed by atoms with Crippen LogP contribution in [0, 0.1) is 6.92 Å². The van der Waals surface area contributed by atoms with Crippen LogP contribution in [0.2, 0.25) is 0 Å². The number of fused-ring (bicyclic) bond motifs is 1. The molecule has 1 unspecified atom stereocenters. The summed E-state index contributed by atoms with van der Waals surface area (Å²) in [5, 5.41) is 6.98. The maximum absolute atomic E-state index is 13.2. The van der Waals surface area contributed by atoms with Crippen molar-refractivity contribution in [1.82, 2.24) is 14.7 Å². The Hall–Kier alpha value is -3.10. The van der Waals surface area contributed by atoms with E-state index < -0.39 is 5.25 Å². The van der Waals surface area contributed by atoms with Crippen molar-refractivity contribution in [3.63, 3.8) is 0 Å². The van der Waals surface area contributed by atoms with Crippen LogP contribution in [0.5, 0.6) is 0 Å². The van der Waals surface area contributed by atoms with Crippen LogP contribution in [-0.2, 0) is 16.1 Å². The van der Waals surface area contributed by atoms with Gasteiger partial charge in [-0.05, 0) is 24.6 Å². The first kappa shape index (κ1) is 20.2. The third kappa shape index (κ3) is 4.39. The van der Waals surface area contributed by atoms with Crippen molar-refractivity contribution < 1.29 is 14.1 Å². The number of hydrogen-bond acceptors (Lipinski definition) is 6. The van der Waals surface area contributed by atoms with Crippen LogP contribution in [0.15, 0.2) is 70.3 Å². The van der Waals surface area contributed by atoms with Gasteiger partial charge in [0.05, 0.1) is 17.6 Å². The fraction of sp³-hybridized carbons (Fsp3) is 0.227. The number of aryl methyl sites for hydroxylation is 1. The fourth-order valence-corrected chi connectivity index (χ4v) is 4.30. The Balaban J connectivity index is 1.69. The Bertz CT molecular complexity index is 1140. The van der Waals surface area contributed by atoms with E-state index in [2.05, 4.69) is 15.0 Å². The number of hydrogen-bond donors (Lipinski definition) is 1. The molecular weight excluding hydrogens is 400 g/mol. The predicted octanol–water partition coefficient (Wildman–Crippen LogP) is 4.45. The molecule has 8 heteroatoms. The third-order valence-electron chi connectivity index (χ3n) is 4.58. The van der Waals surface area contributed by atoms with Crippen LogP contribution in [0.4, 0.5) is 5.82 Å². The van der Waals surface area contributed by atoms with Crippen molar-refractivity contribution >= 4 is 34.5 Å². The Morgan fingerprint density at radius 2 is 1.97 bits per heavy atom. The summed E-state index contributed by atoms with van der Waals surface area (Å²) in [5.41, 5.74) is 2.78. The number of rotatable bonds is 8. The lowest BCUT2D eigenvalue weighted by Crippen LogP contribution is -2.20. The van der Waals surface area contributed by atoms with Gasteiger partial charge in [0.2, 0.25) is 5.91 Å². The van der Waals surface area contributed by atoms with Crippen LogP contribution < -0.4 is 5.32 Å². The second-order valence-electron chi connectivity index (χ2n) is 6.75. The highest BCUT2D eigenvalue weighted by atomic mass is 32.2. The molecule has 0 aliphatic carbocycles. The molecule has 0 aliphatic heterocycles. The first-order chi connectivity index (χ1) is 14.7. The molecule has 154 valence electrons. The number of ether oxygens (including phenoxy) is 1. The summed E-state index contributed by atoms with van der Waals surface area (Å²) in [6, 6.07) is 19.3. The number of nitrogens with one attached hydrogen (secondary N) is 1. The van der Waals surface area contributed by atoms with Gasteiger partial charge in [-0.3, -0.25) is 4.79 Å². The van der Waals surface area contributed by atoms with Gasteiger partial charge in [-0.1, -0.05) is 59.4 Å². The van der Waals surface area contributed by atoms with Crippen molar-refractivity contribution in [3.8, 4) is 0 Å². The van der Waals surface area contributed by atoms with E-state index in [-0.39, 0.29) is 5.91 Å². The van der Waals surface area contributed by atoms with Gasteiger partial charge in [-0.25, -0.2) is 4.98 Å². The number of thioether (sulfide) groups is 1. The quantitative estimate of drug-likeness (QED) is 0.423. The molecule has 4 rings (SSSR count). The number of anilines is 1. The minimum absolute atomic E-state index is 0.190. The number of carbonyl (C=O) groups is 1. The fourth-order valence-electron chi connectivity index (χ4n) is 3.17. The number of benzene rings is 2. The van der Waals surface area contributed by atoms with Crippen molar-refractivity contribution in [2.45, 2.75) is 23.9 Å². The molecule has 2 aromatic heterocycles.